The normalized spacial score (nSPS) is 16.0. The van der Waals surface area contributed by atoms with Gasteiger partial charge in [-0.2, -0.15) is 5.10 Å². The largest absolute Gasteiger partial charge is 0.494 e. The van der Waals surface area contributed by atoms with Crippen LogP contribution in [0.2, 0.25) is 0 Å². The number of carbonyl (C=O) groups is 2. The van der Waals surface area contributed by atoms with Gasteiger partial charge in [-0.1, -0.05) is 49.6 Å². The van der Waals surface area contributed by atoms with E-state index in [0.717, 1.165) is 59.6 Å². The van der Waals surface area contributed by atoms with Gasteiger partial charge in [-0.25, -0.2) is 9.48 Å². The molecule has 0 radical (unpaired) electrons. The van der Waals surface area contributed by atoms with E-state index in [1.54, 1.807) is 9.58 Å². The molecule has 1 aromatic heterocycles. The molecule has 7 heteroatoms. The fourth-order valence-corrected chi connectivity index (χ4v) is 5.13. The molecular formula is C28H32N4O3. The van der Waals surface area contributed by atoms with Crippen LogP contribution in [0.3, 0.4) is 0 Å². The number of ether oxygens (including phenoxy) is 1. The second kappa shape index (κ2) is 10.3. The van der Waals surface area contributed by atoms with Gasteiger partial charge in [-0.3, -0.25) is 4.79 Å². The van der Waals surface area contributed by atoms with E-state index in [9.17, 15) is 9.59 Å². The van der Waals surface area contributed by atoms with Crippen LogP contribution in [0.15, 0.2) is 54.6 Å². The number of anilines is 1. The van der Waals surface area contributed by atoms with E-state index in [4.69, 9.17) is 9.84 Å². The van der Waals surface area contributed by atoms with Crippen LogP contribution in [0, 0.1) is 5.92 Å². The van der Waals surface area contributed by atoms with Gasteiger partial charge in [0.2, 0.25) is 5.91 Å². The molecule has 0 atom stereocenters. The molecular weight excluding hydrogens is 440 g/mol. The van der Waals surface area contributed by atoms with Gasteiger partial charge in [0.25, 0.3) is 0 Å². The minimum absolute atomic E-state index is 0.0392. The quantitative estimate of drug-likeness (QED) is 0.512. The van der Waals surface area contributed by atoms with E-state index in [-0.39, 0.29) is 17.9 Å². The highest BCUT2D eigenvalue weighted by molar-refractivity contribution is 5.90. The molecule has 3 aromatic rings. The predicted molar refractivity (Wildman–Crippen MR) is 136 cm³/mol. The Kier molecular flexibility index (Phi) is 6.84. The third-order valence-corrected chi connectivity index (χ3v) is 6.97. The minimum atomic E-state index is -0.162. The molecule has 0 unspecified atom stereocenters. The minimum Gasteiger partial charge on any atom is -0.494 e. The van der Waals surface area contributed by atoms with E-state index in [1.165, 1.54) is 6.42 Å². The fraction of sp³-hybridized carbons (Fsp3) is 0.393. The zero-order valence-corrected chi connectivity index (χ0v) is 20.2. The van der Waals surface area contributed by atoms with E-state index >= 15 is 0 Å². The zero-order valence-electron chi connectivity index (χ0n) is 20.2. The monoisotopic (exact) mass is 472 g/mol. The third-order valence-electron chi connectivity index (χ3n) is 6.97. The highest BCUT2D eigenvalue weighted by atomic mass is 16.5. The molecule has 0 bridgehead atoms. The molecule has 2 amide bonds. The van der Waals surface area contributed by atoms with Crippen LogP contribution >= 0.6 is 0 Å². The van der Waals surface area contributed by atoms with Crippen molar-refractivity contribution in [2.24, 2.45) is 5.92 Å². The fourth-order valence-electron chi connectivity index (χ4n) is 5.13. The van der Waals surface area contributed by atoms with Crippen LogP contribution in [0.1, 0.15) is 55.1 Å². The van der Waals surface area contributed by atoms with Crippen molar-refractivity contribution in [3.63, 3.8) is 0 Å². The molecule has 182 valence electrons. The van der Waals surface area contributed by atoms with Gasteiger partial charge in [0.1, 0.15) is 5.75 Å². The van der Waals surface area contributed by atoms with Crippen molar-refractivity contribution in [2.75, 3.05) is 18.5 Å². The smallest absolute Gasteiger partial charge is 0.322 e. The molecule has 2 heterocycles. The molecule has 2 aliphatic rings. The van der Waals surface area contributed by atoms with Gasteiger partial charge in [0, 0.05) is 35.7 Å². The Hall–Kier alpha value is -3.61. The Morgan fingerprint density at radius 2 is 1.77 bits per heavy atom. The van der Waals surface area contributed by atoms with Crippen LogP contribution in [0.4, 0.5) is 10.5 Å². The van der Waals surface area contributed by atoms with Gasteiger partial charge in [-0.05, 0) is 44.0 Å². The van der Waals surface area contributed by atoms with Crippen LogP contribution in [0.25, 0.3) is 11.3 Å². The lowest BCUT2D eigenvalue weighted by molar-refractivity contribution is 0.0779. The number of benzene rings is 2. The van der Waals surface area contributed by atoms with Gasteiger partial charge in [0.05, 0.1) is 24.5 Å². The molecule has 0 saturated heterocycles. The predicted octanol–water partition coefficient (Wildman–Crippen LogP) is 5.76. The molecule has 35 heavy (non-hydrogen) atoms. The molecule has 1 saturated carbocycles. The van der Waals surface area contributed by atoms with Gasteiger partial charge < -0.3 is 15.0 Å². The number of nitrogens with zero attached hydrogens (tertiary/aromatic N) is 3. The molecule has 1 aliphatic heterocycles. The van der Waals surface area contributed by atoms with E-state index in [0.29, 0.717) is 26.1 Å². The number of fused-ring (bicyclic) bond motifs is 1. The second-order valence-corrected chi connectivity index (χ2v) is 9.28. The first-order chi connectivity index (χ1) is 17.1. The standard InChI is InChI=1S/C28H32N4O3/c1-2-35-23-15-13-22(14-16-23)29-28(34)31-18-17-25-24(19-31)26(20-9-5-3-6-10-20)30-32(25)27(33)21-11-7-4-8-12-21/h3,5-6,9-10,13-16,21H,2,4,7-8,11-12,17-19H2,1H3,(H,29,34). The van der Waals surface area contributed by atoms with Crippen molar-refractivity contribution < 1.29 is 14.3 Å². The second-order valence-electron chi connectivity index (χ2n) is 9.28. The molecule has 1 aliphatic carbocycles. The molecule has 5 rings (SSSR count). The number of amides is 2. The summed E-state index contributed by atoms with van der Waals surface area (Å²) in [7, 11) is 0. The average Bonchev–Trinajstić information content (AvgIpc) is 3.29. The van der Waals surface area contributed by atoms with Crippen LogP contribution in [-0.2, 0) is 13.0 Å². The van der Waals surface area contributed by atoms with Crippen molar-refractivity contribution >= 4 is 17.6 Å². The number of nitrogens with one attached hydrogen (secondary N) is 1. The van der Waals surface area contributed by atoms with Gasteiger partial charge in [0.15, 0.2) is 0 Å². The highest BCUT2D eigenvalue weighted by Gasteiger charge is 2.32. The average molecular weight is 473 g/mol. The Morgan fingerprint density at radius 3 is 2.49 bits per heavy atom. The Bertz CT molecular complexity index is 1180. The van der Waals surface area contributed by atoms with Crippen LogP contribution in [0.5, 0.6) is 5.75 Å². The topological polar surface area (TPSA) is 76.5 Å². The molecule has 7 nitrogen and oxygen atoms in total. The van der Waals surface area contributed by atoms with Crippen molar-refractivity contribution in [1.29, 1.82) is 0 Å². The van der Waals surface area contributed by atoms with Crippen LogP contribution in [-0.4, -0.2) is 39.8 Å². The Balaban J connectivity index is 1.39. The summed E-state index contributed by atoms with van der Waals surface area (Å²) >= 11 is 0. The maximum Gasteiger partial charge on any atom is 0.322 e. The van der Waals surface area contributed by atoms with Crippen LogP contribution < -0.4 is 10.1 Å². The highest BCUT2D eigenvalue weighted by Crippen LogP contribution is 2.33. The van der Waals surface area contributed by atoms with Gasteiger partial charge in [-0.15, -0.1) is 0 Å². The molecule has 1 fully saturated rings. The summed E-state index contributed by atoms with van der Waals surface area (Å²) in [6.45, 7) is 3.49. The lowest BCUT2D eigenvalue weighted by Gasteiger charge is -2.28. The zero-order chi connectivity index (χ0) is 24.2. The summed E-state index contributed by atoms with van der Waals surface area (Å²) in [4.78, 5) is 28.4. The lowest BCUT2D eigenvalue weighted by Crippen LogP contribution is -2.39. The Morgan fingerprint density at radius 1 is 1.03 bits per heavy atom. The first-order valence-electron chi connectivity index (χ1n) is 12.6. The third kappa shape index (κ3) is 4.94. The van der Waals surface area contributed by atoms with E-state index in [2.05, 4.69) is 5.32 Å². The van der Waals surface area contributed by atoms with E-state index < -0.39 is 0 Å². The lowest BCUT2D eigenvalue weighted by atomic mass is 9.88. The summed E-state index contributed by atoms with van der Waals surface area (Å²) in [5.41, 5.74) is 4.39. The number of carbonyl (C=O) groups excluding carboxylic acids is 2. The SMILES string of the molecule is CCOc1ccc(NC(=O)N2CCc3c(c(-c4ccccc4)nn3C(=O)C3CCCCC3)C2)cc1. The van der Waals surface area contributed by atoms with Crippen molar-refractivity contribution in [1.82, 2.24) is 14.7 Å². The molecule has 1 N–H and O–H groups in total. The first-order valence-corrected chi connectivity index (χ1v) is 12.6. The number of hydrogen-bond acceptors (Lipinski definition) is 4. The summed E-state index contributed by atoms with van der Waals surface area (Å²) in [6.07, 6.45) is 5.88. The summed E-state index contributed by atoms with van der Waals surface area (Å²) in [5.74, 6) is 0.920. The first kappa shape index (κ1) is 23.1. The van der Waals surface area contributed by atoms with Gasteiger partial charge >= 0.3 is 6.03 Å². The summed E-state index contributed by atoms with van der Waals surface area (Å²) in [5, 5.41) is 7.83. The summed E-state index contributed by atoms with van der Waals surface area (Å²) in [6, 6.07) is 17.2. The molecule has 2 aromatic carbocycles. The summed E-state index contributed by atoms with van der Waals surface area (Å²) < 4.78 is 7.14. The maximum atomic E-state index is 13.4. The number of aromatic nitrogens is 2. The van der Waals surface area contributed by atoms with Crippen molar-refractivity contribution in [2.45, 2.75) is 52.0 Å². The molecule has 0 spiro atoms. The van der Waals surface area contributed by atoms with Crippen molar-refractivity contribution in [3.8, 4) is 17.0 Å². The Labute approximate surface area is 206 Å². The number of hydrogen-bond donors (Lipinski definition) is 1. The maximum absolute atomic E-state index is 13.4. The van der Waals surface area contributed by atoms with Crippen molar-refractivity contribution in [3.05, 3.63) is 65.9 Å². The van der Waals surface area contributed by atoms with E-state index in [1.807, 2.05) is 61.5 Å². The number of rotatable bonds is 5. The number of urea groups is 1.